The van der Waals surface area contributed by atoms with Crippen LogP contribution in [0, 0.1) is 11.3 Å². The summed E-state index contributed by atoms with van der Waals surface area (Å²) in [6, 6.07) is 0. The lowest BCUT2D eigenvalue weighted by atomic mass is 9.73. The Labute approximate surface area is 116 Å². The van der Waals surface area contributed by atoms with Crippen LogP contribution in [0.3, 0.4) is 0 Å². The Bertz CT molecular complexity index is 343. The van der Waals surface area contributed by atoms with E-state index in [9.17, 15) is 9.59 Å². The number of carboxylic acids is 1. The van der Waals surface area contributed by atoms with E-state index in [0.29, 0.717) is 12.3 Å². The third kappa shape index (κ3) is 5.21. The van der Waals surface area contributed by atoms with Gasteiger partial charge in [-0.05, 0) is 37.0 Å². The van der Waals surface area contributed by atoms with Gasteiger partial charge in [-0.1, -0.05) is 27.7 Å². The highest BCUT2D eigenvalue weighted by Crippen LogP contribution is 2.36. The highest BCUT2D eigenvalue weighted by Gasteiger charge is 2.40. The minimum atomic E-state index is -0.832. The van der Waals surface area contributed by atoms with Crippen molar-refractivity contribution in [2.24, 2.45) is 11.3 Å². The summed E-state index contributed by atoms with van der Waals surface area (Å²) < 4.78 is 0. The highest BCUT2D eigenvalue weighted by molar-refractivity contribution is 5.79. The van der Waals surface area contributed by atoms with E-state index in [1.165, 1.54) is 0 Å². The number of nitrogens with one attached hydrogen (secondary N) is 1. The molecule has 2 N–H and O–H groups in total. The van der Waals surface area contributed by atoms with Crippen LogP contribution in [0.4, 0.5) is 0 Å². The van der Waals surface area contributed by atoms with Gasteiger partial charge in [0.1, 0.15) is 0 Å². The molecular formula is C15H27NO3. The molecule has 1 fully saturated rings. The molecule has 0 aromatic rings. The van der Waals surface area contributed by atoms with Gasteiger partial charge in [-0.2, -0.15) is 0 Å². The fraction of sp³-hybridized carbons (Fsp3) is 0.867. The SMILES string of the molecule is CC(C)CC(C)(C)CC(=O)NC1(CC(=O)O)CCC1. The van der Waals surface area contributed by atoms with E-state index < -0.39 is 11.5 Å². The Morgan fingerprint density at radius 1 is 1.32 bits per heavy atom. The molecule has 19 heavy (non-hydrogen) atoms. The molecule has 1 aliphatic rings. The minimum absolute atomic E-state index is 0.00778. The van der Waals surface area contributed by atoms with Gasteiger partial charge in [-0.25, -0.2) is 0 Å². The summed E-state index contributed by atoms with van der Waals surface area (Å²) in [7, 11) is 0. The van der Waals surface area contributed by atoms with Crippen LogP contribution in [-0.2, 0) is 9.59 Å². The Kier molecular flexibility index (Phi) is 4.99. The van der Waals surface area contributed by atoms with E-state index in [1.54, 1.807) is 0 Å². The molecule has 1 saturated carbocycles. The summed E-state index contributed by atoms with van der Waals surface area (Å²) in [6.07, 6.45) is 4.08. The van der Waals surface area contributed by atoms with Crippen molar-refractivity contribution in [1.29, 1.82) is 0 Å². The smallest absolute Gasteiger partial charge is 0.305 e. The van der Waals surface area contributed by atoms with Crippen LogP contribution in [0.1, 0.15) is 66.2 Å². The average Bonchev–Trinajstić information content (AvgIpc) is 2.09. The number of hydrogen-bond acceptors (Lipinski definition) is 2. The first-order valence-corrected chi connectivity index (χ1v) is 7.17. The van der Waals surface area contributed by atoms with Crippen LogP contribution in [0.25, 0.3) is 0 Å². The second kappa shape index (κ2) is 5.93. The summed E-state index contributed by atoms with van der Waals surface area (Å²) in [5.74, 6) is -0.285. The first kappa shape index (κ1) is 16.0. The van der Waals surface area contributed by atoms with Crippen LogP contribution in [0.15, 0.2) is 0 Å². The van der Waals surface area contributed by atoms with Crippen molar-refractivity contribution < 1.29 is 14.7 Å². The molecule has 0 bridgehead atoms. The van der Waals surface area contributed by atoms with E-state index in [2.05, 4.69) is 33.0 Å². The van der Waals surface area contributed by atoms with Crippen molar-refractivity contribution in [1.82, 2.24) is 5.32 Å². The van der Waals surface area contributed by atoms with Crippen molar-refractivity contribution in [3.8, 4) is 0 Å². The minimum Gasteiger partial charge on any atom is -0.481 e. The predicted molar refractivity (Wildman–Crippen MR) is 74.8 cm³/mol. The third-order valence-electron chi connectivity index (χ3n) is 3.80. The first-order valence-electron chi connectivity index (χ1n) is 7.17. The summed E-state index contributed by atoms with van der Waals surface area (Å²) in [5.41, 5.74) is -0.511. The van der Waals surface area contributed by atoms with Crippen molar-refractivity contribution in [3.05, 3.63) is 0 Å². The topological polar surface area (TPSA) is 66.4 Å². The fourth-order valence-electron chi connectivity index (χ4n) is 3.19. The second-order valence-corrected chi connectivity index (χ2v) is 7.19. The largest absolute Gasteiger partial charge is 0.481 e. The molecule has 0 atom stereocenters. The molecular weight excluding hydrogens is 242 g/mol. The number of carbonyl (C=O) groups excluding carboxylic acids is 1. The Balaban J connectivity index is 2.52. The third-order valence-corrected chi connectivity index (χ3v) is 3.80. The molecule has 0 heterocycles. The molecule has 0 spiro atoms. The van der Waals surface area contributed by atoms with Gasteiger partial charge in [0, 0.05) is 6.42 Å². The maximum atomic E-state index is 12.1. The quantitative estimate of drug-likeness (QED) is 0.746. The van der Waals surface area contributed by atoms with Crippen LogP contribution in [0.5, 0.6) is 0 Å². The Morgan fingerprint density at radius 2 is 1.89 bits per heavy atom. The normalized spacial score (nSPS) is 17.9. The Hall–Kier alpha value is -1.06. The second-order valence-electron chi connectivity index (χ2n) is 7.19. The summed E-state index contributed by atoms with van der Waals surface area (Å²) in [4.78, 5) is 23.0. The number of hydrogen-bond donors (Lipinski definition) is 2. The molecule has 0 unspecified atom stereocenters. The van der Waals surface area contributed by atoms with Crippen LogP contribution in [0.2, 0.25) is 0 Å². The van der Waals surface area contributed by atoms with Gasteiger partial charge in [0.25, 0.3) is 0 Å². The molecule has 1 rings (SSSR count). The van der Waals surface area contributed by atoms with Gasteiger partial charge in [0.05, 0.1) is 12.0 Å². The number of carboxylic acid groups (broad SMARTS) is 1. The zero-order valence-corrected chi connectivity index (χ0v) is 12.6. The Morgan fingerprint density at radius 3 is 2.26 bits per heavy atom. The van der Waals surface area contributed by atoms with Gasteiger partial charge < -0.3 is 10.4 Å². The van der Waals surface area contributed by atoms with E-state index in [1.807, 2.05) is 0 Å². The lowest BCUT2D eigenvalue weighted by Crippen LogP contribution is -2.55. The molecule has 0 aromatic heterocycles. The molecule has 0 aromatic carbocycles. The summed E-state index contributed by atoms with van der Waals surface area (Å²) in [5, 5.41) is 11.9. The average molecular weight is 269 g/mol. The molecule has 4 heteroatoms. The molecule has 0 aliphatic heterocycles. The zero-order chi connectivity index (χ0) is 14.7. The zero-order valence-electron chi connectivity index (χ0n) is 12.6. The molecule has 1 amide bonds. The monoisotopic (exact) mass is 269 g/mol. The maximum absolute atomic E-state index is 12.1. The van der Waals surface area contributed by atoms with Crippen LogP contribution < -0.4 is 5.32 Å². The van der Waals surface area contributed by atoms with Crippen LogP contribution >= 0.6 is 0 Å². The molecule has 4 nitrogen and oxygen atoms in total. The molecule has 0 radical (unpaired) electrons. The van der Waals surface area contributed by atoms with Gasteiger partial charge >= 0.3 is 5.97 Å². The number of rotatable bonds is 7. The molecule has 0 saturated heterocycles. The van der Waals surface area contributed by atoms with Crippen molar-refractivity contribution in [3.63, 3.8) is 0 Å². The fourth-order valence-corrected chi connectivity index (χ4v) is 3.19. The standard InChI is InChI=1S/C15H27NO3/c1-11(2)8-14(3,4)9-12(17)16-15(6-5-7-15)10-13(18)19/h11H,5-10H2,1-4H3,(H,16,17)(H,18,19). The van der Waals surface area contributed by atoms with Crippen molar-refractivity contribution in [2.45, 2.75) is 71.8 Å². The van der Waals surface area contributed by atoms with Gasteiger partial charge in [0.15, 0.2) is 0 Å². The lowest BCUT2D eigenvalue weighted by Gasteiger charge is -2.42. The highest BCUT2D eigenvalue weighted by atomic mass is 16.4. The van der Waals surface area contributed by atoms with Crippen molar-refractivity contribution in [2.75, 3.05) is 0 Å². The van der Waals surface area contributed by atoms with E-state index >= 15 is 0 Å². The van der Waals surface area contributed by atoms with Crippen molar-refractivity contribution >= 4 is 11.9 Å². The molecule has 110 valence electrons. The van der Waals surface area contributed by atoms with E-state index in [4.69, 9.17) is 5.11 Å². The van der Waals surface area contributed by atoms with Crippen LogP contribution in [-0.4, -0.2) is 22.5 Å². The summed E-state index contributed by atoms with van der Waals surface area (Å²) in [6.45, 7) is 8.49. The number of carbonyl (C=O) groups is 2. The van der Waals surface area contributed by atoms with Gasteiger partial charge in [-0.3, -0.25) is 9.59 Å². The number of amides is 1. The first-order chi connectivity index (χ1) is 8.64. The molecule has 1 aliphatic carbocycles. The predicted octanol–water partition coefficient (Wildman–Crippen LogP) is 2.96. The summed E-state index contributed by atoms with van der Waals surface area (Å²) >= 11 is 0. The van der Waals surface area contributed by atoms with E-state index in [0.717, 1.165) is 25.7 Å². The number of aliphatic carboxylic acids is 1. The maximum Gasteiger partial charge on any atom is 0.305 e. The van der Waals surface area contributed by atoms with Gasteiger partial charge in [-0.15, -0.1) is 0 Å². The lowest BCUT2D eigenvalue weighted by molar-refractivity contribution is -0.140. The van der Waals surface area contributed by atoms with Gasteiger partial charge in [0.2, 0.25) is 5.91 Å². The van der Waals surface area contributed by atoms with E-state index in [-0.39, 0.29) is 17.7 Å².